The molecule has 116 valence electrons. The van der Waals surface area contributed by atoms with E-state index >= 15 is 0 Å². The minimum absolute atomic E-state index is 0.237. The molecule has 4 heteroatoms. The molecular weight excluding hydrogens is 282 g/mol. The van der Waals surface area contributed by atoms with E-state index in [1.54, 1.807) is 0 Å². The van der Waals surface area contributed by atoms with Crippen LogP contribution in [0.4, 0.5) is 0 Å². The van der Waals surface area contributed by atoms with Crippen molar-refractivity contribution in [3.8, 4) is 0 Å². The Labute approximate surface area is 131 Å². The number of thioether (sulfide) groups is 1. The van der Waals surface area contributed by atoms with Gasteiger partial charge in [-0.3, -0.25) is 4.79 Å². The Morgan fingerprint density at radius 2 is 2.05 bits per heavy atom. The number of nitrogens with two attached hydrogens (primary N) is 1. The predicted molar refractivity (Wildman–Crippen MR) is 88.4 cm³/mol. The van der Waals surface area contributed by atoms with E-state index in [-0.39, 0.29) is 5.97 Å². The van der Waals surface area contributed by atoms with E-state index in [1.807, 2.05) is 18.7 Å². The molecule has 0 spiro atoms. The lowest BCUT2D eigenvalue weighted by molar-refractivity contribution is -0.149. The molecule has 21 heavy (non-hydrogen) atoms. The van der Waals surface area contributed by atoms with Crippen molar-refractivity contribution in [3.05, 3.63) is 34.9 Å². The molecule has 1 aliphatic rings. The number of ether oxygens (including phenoxy) is 1. The van der Waals surface area contributed by atoms with Gasteiger partial charge in [-0.2, -0.15) is 11.8 Å². The van der Waals surface area contributed by atoms with E-state index in [9.17, 15) is 4.79 Å². The van der Waals surface area contributed by atoms with E-state index < -0.39 is 5.54 Å². The average molecular weight is 307 g/mol. The lowest BCUT2D eigenvalue weighted by Gasteiger charge is -2.21. The second kappa shape index (κ2) is 6.84. The summed E-state index contributed by atoms with van der Waals surface area (Å²) in [5, 5.41) is 0.445. The first-order valence-corrected chi connectivity index (χ1v) is 8.63. The Balaban J connectivity index is 1.89. The molecule has 3 nitrogen and oxygen atoms in total. The van der Waals surface area contributed by atoms with Crippen LogP contribution >= 0.6 is 11.8 Å². The lowest BCUT2D eigenvalue weighted by Crippen LogP contribution is -2.47. The summed E-state index contributed by atoms with van der Waals surface area (Å²) in [7, 11) is 0. The molecule has 2 unspecified atom stereocenters. The van der Waals surface area contributed by atoms with Crippen molar-refractivity contribution in [1.82, 2.24) is 0 Å². The molecule has 0 saturated heterocycles. The second-order valence-corrected chi connectivity index (χ2v) is 7.34. The second-order valence-electron chi connectivity index (χ2n) is 6.05. The van der Waals surface area contributed by atoms with Gasteiger partial charge in [0.25, 0.3) is 0 Å². The normalized spacial score (nSPS) is 25.0. The van der Waals surface area contributed by atoms with Crippen molar-refractivity contribution in [2.75, 3.05) is 6.61 Å². The number of carbonyl (C=O) groups excluding carboxylic acids is 1. The summed E-state index contributed by atoms with van der Waals surface area (Å²) in [5.41, 5.74) is 9.40. The average Bonchev–Trinajstić information content (AvgIpc) is 2.79. The van der Waals surface area contributed by atoms with Crippen LogP contribution in [-0.2, 0) is 15.3 Å². The molecule has 1 aromatic rings. The van der Waals surface area contributed by atoms with Crippen molar-refractivity contribution >= 4 is 17.7 Å². The zero-order valence-corrected chi connectivity index (χ0v) is 14.0. The minimum Gasteiger partial charge on any atom is -0.465 e. The Morgan fingerprint density at radius 1 is 1.38 bits per heavy atom. The van der Waals surface area contributed by atoms with E-state index in [0.717, 1.165) is 25.0 Å². The molecule has 1 aliphatic carbocycles. The molecule has 0 amide bonds. The topological polar surface area (TPSA) is 52.3 Å². The Kier molecular flexibility index (Phi) is 5.33. The monoisotopic (exact) mass is 307 g/mol. The van der Waals surface area contributed by atoms with Crippen LogP contribution in [0.1, 0.15) is 42.9 Å². The minimum atomic E-state index is -0.768. The van der Waals surface area contributed by atoms with Gasteiger partial charge >= 0.3 is 5.97 Å². The summed E-state index contributed by atoms with van der Waals surface area (Å²) in [5.74, 6) is 0.742. The molecule has 1 fully saturated rings. The molecule has 0 bridgehead atoms. The highest BCUT2D eigenvalue weighted by Crippen LogP contribution is 2.37. The van der Waals surface area contributed by atoms with Crippen LogP contribution in [0.25, 0.3) is 0 Å². The molecule has 0 heterocycles. The largest absolute Gasteiger partial charge is 0.465 e. The van der Waals surface area contributed by atoms with Crippen molar-refractivity contribution in [1.29, 1.82) is 0 Å². The van der Waals surface area contributed by atoms with Gasteiger partial charge in [0, 0.05) is 11.0 Å². The Morgan fingerprint density at radius 3 is 2.67 bits per heavy atom. The summed E-state index contributed by atoms with van der Waals surface area (Å²) >= 11 is 1.90. The molecule has 1 aromatic carbocycles. The molecule has 1 saturated carbocycles. The van der Waals surface area contributed by atoms with Gasteiger partial charge in [0.2, 0.25) is 0 Å². The van der Waals surface area contributed by atoms with Gasteiger partial charge in [-0.25, -0.2) is 0 Å². The highest BCUT2D eigenvalue weighted by atomic mass is 32.2. The van der Waals surface area contributed by atoms with Crippen LogP contribution in [0.2, 0.25) is 0 Å². The number of esters is 1. The summed E-state index contributed by atoms with van der Waals surface area (Å²) in [6.07, 6.45) is 2.45. The molecule has 2 rings (SSSR count). The van der Waals surface area contributed by atoms with Crippen LogP contribution in [-0.4, -0.2) is 23.4 Å². The summed E-state index contributed by atoms with van der Waals surface area (Å²) < 4.78 is 5.10. The molecule has 2 atom stereocenters. The molecule has 0 aromatic heterocycles. The highest BCUT2D eigenvalue weighted by Gasteiger charge is 2.43. The van der Waals surface area contributed by atoms with E-state index in [0.29, 0.717) is 11.9 Å². The highest BCUT2D eigenvalue weighted by molar-refractivity contribution is 7.99. The molecule has 0 radical (unpaired) electrons. The first-order chi connectivity index (χ1) is 9.93. The molecular formula is C17H25NO2S. The van der Waals surface area contributed by atoms with Gasteiger partial charge in [-0.05, 0) is 45.6 Å². The van der Waals surface area contributed by atoms with Gasteiger partial charge in [0.05, 0.1) is 6.61 Å². The van der Waals surface area contributed by atoms with Crippen molar-refractivity contribution in [3.63, 3.8) is 0 Å². The van der Waals surface area contributed by atoms with E-state index in [4.69, 9.17) is 10.5 Å². The number of benzene rings is 1. The van der Waals surface area contributed by atoms with Gasteiger partial charge in [0.15, 0.2) is 0 Å². The zero-order valence-electron chi connectivity index (χ0n) is 13.1. The van der Waals surface area contributed by atoms with Crippen molar-refractivity contribution in [2.24, 2.45) is 5.73 Å². The fourth-order valence-corrected chi connectivity index (χ4v) is 4.29. The van der Waals surface area contributed by atoms with Crippen LogP contribution in [0.15, 0.2) is 18.2 Å². The van der Waals surface area contributed by atoms with Crippen molar-refractivity contribution in [2.45, 2.75) is 56.6 Å². The number of aryl methyl sites for hydroxylation is 2. The molecule has 0 aliphatic heterocycles. The maximum Gasteiger partial charge on any atom is 0.326 e. The quantitative estimate of drug-likeness (QED) is 0.848. The maximum absolute atomic E-state index is 11.9. The van der Waals surface area contributed by atoms with Gasteiger partial charge in [0.1, 0.15) is 5.54 Å². The predicted octanol–water partition coefficient (Wildman–Crippen LogP) is 3.35. The first-order valence-electron chi connectivity index (χ1n) is 7.58. The third-order valence-corrected chi connectivity index (χ3v) is 5.33. The van der Waals surface area contributed by atoms with Gasteiger partial charge < -0.3 is 10.5 Å². The maximum atomic E-state index is 11.9. The van der Waals surface area contributed by atoms with Crippen LogP contribution in [0.3, 0.4) is 0 Å². The van der Waals surface area contributed by atoms with E-state index in [1.165, 1.54) is 16.7 Å². The van der Waals surface area contributed by atoms with Crippen LogP contribution < -0.4 is 5.73 Å². The number of rotatable bonds is 5. The summed E-state index contributed by atoms with van der Waals surface area (Å²) in [6, 6.07) is 6.65. The third-order valence-electron chi connectivity index (χ3n) is 3.95. The van der Waals surface area contributed by atoms with E-state index in [2.05, 4.69) is 32.0 Å². The lowest BCUT2D eigenvalue weighted by atomic mass is 10.00. The number of hydrogen-bond acceptors (Lipinski definition) is 4. The number of hydrogen-bond donors (Lipinski definition) is 1. The first kappa shape index (κ1) is 16.4. The van der Waals surface area contributed by atoms with Gasteiger partial charge in [-0.1, -0.05) is 29.3 Å². The van der Waals surface area contributed by atoms with Gasteiger partial charge in [-0.15, -0.1) is 0 Å². The fraction of sp³-hybridized carbons (Fsp3) is 0.588. The van der Waals surface area contributed by atoms with Crippen LogP contribution in [0.5, 0.6) is 0 Å². The zero-order chi connectivity index (χ0) is 15.5. The smallest absolute Gasteiger partial charge is 0.326 e. The SMILES string of the molecule is CCOC(=O)C1(N)CCC(SCc2cc(C)cc(C)c2)C1. The Bertz CT molecular complexity index is 497. The van der Waals surface area contributed by atoms with Crippen LogP contribution in [0, 0.1) is 13.8 Å². The summed E-state index contributed by atoms with van der Waals surface area (Å²) in [4.78, 5) is 11.9. The molecule has 2 N–H and O–H groups in total. The van der Waals surface area contributed by atoms with Crippen molar-refractivity contribution < 1.29 is 9.53 Å². The number of carbonyl (C=O) groups is 1. The Hall–Kier alpha value is -1.00. The fourth-order valence-electron chi connectivity index (χ4n) is 3.00. The standard InChI is InChI=1S/C17H25NO2S/c1-4-20-16(19)17(18)6-5-15(10-17)21-11-14-8-12(2)7-13(3)9-14/h7-9,15H,4-6,10-11,18H2,1-3H3. The third kappa shape index (κ3) is 4.24. The summed E-state index contributed by atoms with van der Waals surface area (Å²) in [6.45, 7) is 6.48.